The van der Waals surface area contributed by atoms with E-state index in [0.29, 0.717) is 12.0 Å². The topological polar surface area (TPSA) is 3.24 Å². The van der Waals surface area contributed by atoms with Gasteiger partial charge >= 0.3 is 0 Å². The molecule has 0 N–H and O–H groups in total. The van der Waals surface area contributed by atoms with Crippen molar-refractivity contribution in [1.82, 2.24) is 4.90 Å². The monoisotopic (exact) mass is 219 g/mol. The van der Waals surface area contributed by atoms with Crippen molar-refractivity contribution >= 4 is 0 Å². The molecule has 0 atom stereocenters. The van der Waals surface area contributed by atoms with Crippen molar-refractivity contribution in [2.24, 2.45) is 0 Å². The Balaban J connectivity index is 2.90. The van der Waals surface area contributed by atoms with Gasteiger partial charge in [-0.05, 0) is 50.4 Å². The van der Waals surface area contributed by atoms with E-state index in [0.717, 1.165) is 6.54 Å². The van der Waals surface area contributed by atoms with Crippen LogP contribution in [0.25, 0.3) is 0 Å². The molecule has 1 heteroatoms. The number of nitrogens with zero attached hydrogens (tertiary/aromatic N) is 1. The summed E-state index contributed by atoms with van der Waals surface area (Å²) in [5.41, 5.74) is 4.30. The summed E-state index contributed by atoms with van der Waals surface area (Å²) in [5, 5.41) is 0. The molecular formula is C15H25N. The molecule has 0 aliphatic rings. The third kappa shape index (κ3) is 3.34. The normalized spacial score (nSPS) is 11.8. The number of hydrogen-bond acceptors (Lipinski definition) is 1. The van der Waals surface area contributed by atoms with Crippen LogP contribution in [0.2, 0.25) is 0 Å². The van der Waals surface area contributed by atoms with Crippen LogP contribution < -0.4 is 0 Å². The Labute approximate surface area is 100 Å². The summed E-state index contributed by atoms with van der Waals surface area (Å²) in [7, 11) is 2.19. The predicted molar refractivity (Wildman–Crippen MR) is 71.9 cm³/mol. The van der Waals surface area contributed by atoms with E-state index in [2.05, 4.69) is 64.8 Å². The first-order chi connectivity index (χ1) is 7.41. The molecule has 0 aliphatic heterocycles. The van der Waals surface area contributed by atoms with Gasteiger partial charge in [-0.1, -0.05) is 32.0 Å². The molecule has 0 amide bonds. The molecule has 16 heavy (non-hydrogen) atoms. The Morgan fingerprint density at radius 2 is 1.75 bits per heavy atom. The first-order valence-electron chi connectivity index (χ1n) is 6.21. The lowest BCUT2D eigenvalue weighted by Gasteiger charge is -2.22. The van der Waals surface area contributed by atoms with Crippen molar-refractivity contribution in [1.29, 1.82) is 0 Å². The fourth-order valence-corrected chi connectivity index (χ4v) is 1.67. The lowest BCUT2D eigenvalue weighted by molar-refractivity contribution is 0.265. The highest BCUT2D eigenvalue weighted by Gasteiger charge is 2.08. The minimum atomic E-state index is 0.599. The SMILES string of the molecule is Cc1ccc(C(C)C)cc1CN(C)C(C)C. The quantitative estimate of drug-likeness (QED) is 0.741. The van der Waals surface area contributed by atoms with Gasteiger partial charge in [-0.15, -0.1) is 0 Å². The molecule has 0 saturated heterocycles. The lowest BCUT2D eigenvalue weighted by atomic mass is 9.97. The molecule has 0 saturated carbocycles. The second-order valence-electron chi connectivity index (χ2n) is 5.35. The van der Waals surface area contributed by atoms with Gasteiger partial charge in [0.1, 0.15) is 0 Å². The second kappa shape index (κ2) is 5.49. The van der Waals surface area contributed by atoms with E-state index in [9.17, 15) is 0 Å². The largest absolute Gasteiger partial charge is 0.300 e. The highest BCUT2D eigenvalue weighted by molar-refractivity contribution is 5.32. The fraction of sp³-hybridized carbons (Fsp3) is 0.600. The van der Waals surface area contributed by atoms with Crippen molar-refractivity contribution < 1.29 is 0 Å². The van der Waals surface area contributed by atoms with Crippen LogP contribution in [0, 0.1) is 6.92 Å². The van der Waals surface area contributed by atoms with Gasteiger partial charge in [0.15, 0.2) is 0 Å². The van der Waals surface area contributed by atoms with Gasteiger partial charge in [0.05, 0.1) is 0 Å². The van der Waals surface area contributed by atoms with Crippen LogP contribution in [0.1, 0.15) is 50.3 Å². The van der Waals surface area contributed by atoms with Crippen LogP contribution in [0.4, 0.5) is 0 Å². The summed E-state index contributed by atoms with van der Waals surface area (Å²) in [6, 6.07) is 7.46. The van der Waals surface area contributed by atoms with E-state index in [-0.39, 0.29) is 0 Å². The summed E-state index contributed by atoms with van der Waals surface area (Å²) in [5.74, 6) is 0.615. The molecule has 0 unspecified atom stereocenters. The van der Waals surface area contributed by atoms with Gasteiger partial charge in [-0.25, -0.2) is 0 Å². The number of benzene rings is 1. The molecule has 0 spiro atoms. The van der Waals surface area contributed by atoms with Crippen LogP contribution in [0.15, 0.2) is 18.2 Å². The Morgan fingerprint density at radius 1 is 1.12 bits per heavy atom. The Kier molecular flexibility index (Phi) is 4.55. The Bertz CT molecular complexity index is 339. The minimum absolute atomic E-state index is 0.599. The van der Waals surface area contributed by atoms with Gasteiger partial charge in [0, 0.05) is 12.6 Å². The zero-order chi connectivity index (χ0) is 12.3. The van der Waals surface area contributed by atoms with Crippen LogP contribution in [-0.2, 0) is 6.54 Å². The smallest absolute Gasteiger partial charge is 0.0236 e. The van der Waals surface area contributed by atoms with Crippen LogP contribution in [0.3, 0.4) is 0 Å². The zero-order valence-corrected chi connectivity index (χ0v) is 11.5. The van der Waals surface area contributed by atoms with E-state index < -0.39 is 0 Å². The third-order valence-corrected chi connectivity index (χ3v) is 3.34. The first kappa shape index (κ1) is 13.2. The summed E-state index contributed by atoms with van der Waals surface area (Å²) >= 11 is 0. The summed E-state index contributed by atoms with van der Waals surface area (Å²) in [6.45, 7) is 12.2. The molecule has 0 heterocycles. The van der Waals surface area contributed by atoms with E-state index >= 15 is 0 Å². The average molecular weight is 219 g/mol. The van der Waals surface area contributed by atoms with Crippen molar-refractivity contribution in [3.05, 3.63) is 34.9 Å². The predicted octanol–water partition coefficient (Wildman–Crippen LogP) is 3.96. The van der Waals surface area contributed by atoms with Gasteiger partial charge in [0.2, 0.25) is 0 Å². The molecule has 1 nitrogen and oxygen atoms in total. The number of aryl methyl sites for hydroxylation is 1. The molecule has 0 aliphatic carbocycles. The summed E-state index contributed by atoms with van der Waals surface area (Å²) in [6.07, 6.45) is 0. The highest BCUT2D eigenvalue weighted by atomic mass is 15.1. The molecule has 90 valence electrons. The number of rotatable bonds is 4. The maximum atomic E-state index is 2.38. The zero-order valence-electron chi connectivity index (χ0n) is 11.5. The summed E-state index contributed by atoms with van der Waals surface area (Å²) in [4.78, 5) is 2.38. The first-order valence-corrected chi connectivity index (χ1v) is 6.21. The van der Waals surface area contributed by atoms with E-state index in [1.165, 1.54) is 16.7 Å². The van der Waals surface area contributed by atoms with Gasteiger partial charge < -0.3 is 0 Å². The lowest BCUT2D eigenvalue weighted by Crippen LogP contribution is -2.26. The molecular weight excluding hydrogens is 194 g/mol. The van der Waals surface area contributed by atoms with Crippen LogP contribution in [-0.4, -0.2) is 18.0 Å². The molecule has 1 aromatic carbocycles. The van der Waals surface area contributed by atoms with Crippen molar-refractivity contribution in [3.8, 4) is 0 Å². The molecule has 0 bridgehead atoms. The fourth-order valence-electron chi connectivity index (χ4n) is 1.67. The van der Waals surface area contributed by atoms with Crippen molar-refractivity contribution in [2.75, 3.05) is 7.05 Å². The van der Waals surface area contributed by atoms with E-state index in [1.54, 1.807) is 0 Å². The molecule has 1 aromatic rings. The Hall–Kier alpha value is -0.820. The standard InChI is InChI=1S/C15H25N/c1-11(2)14-8-7-13(5)15(9-14)10-16(6)12(3)4/h7-9,11-12H,10H2,1-6H3. The maximum absolute atomic E-state index is 2.38. The number of hydrogen-bond donors (Lipinski definition) is 0. The van der Waals surface area contributed by atoms with Crippen LogP contribution >= 0.6 is 0 Å². The molecule has 1 rings (SSSR count). The second-order valence-corrected chi connectivity index (χ2v) is 5.35. The summed E-state index contributed by atoms with van der Waals surface area (Å²) < 4.78 is 0. The average Bonchev–Trinajstić information content (AvgIpc) is 2.20. The van der Waals surface area contributed by atoms with E-state index in [4.69, 9.17) is 0 Å². The maximum Gasteiger partial charge on any atom is 0.0236 e. The molecule has 0 aromatic heterocycles. The van der Waals surface area contributed by atoms with E-state index in [1.807, 2.05) is 0 Å². The third-order valence-electron chi connectivity index (χ3n) is 3.34. The van der Waals surface area contributed by atoms with Crippen molar-refractivity contribution in [3.63, 3.8) is 0 Å². The molecule has 0 radical (unpaired) electrons. The minimum Gasteiger partial charge on any atom is -0.300 e. The van der Waals surface area contributed by atoms with Gasteiger partial charge in [0.25, 0.3) is 0 Å². The van der Waals surface area contributed by atoms with Crippen LogP contribution in [0.5, 0.6) is 0 Å². The highest BCUT2D eigenvalue weighted by Crippen LogP contribution is 2.20. The van der Waals surface area contributed by atoms with Gasteiger partial charge in [-0.3, -0.25) is 4.90 Å². The molecule has 0 fully saturated rings. The van der Waals surface area contributed by atoms with Crippen molar-refractivity contribution in [2.45, 2.75) is 53.1 Å². The van der Waals surface area contributed by atoms with Gasteiger partial charge in [-0.2, -0.15) is 0 Å². The Morgan fingerprint density at radius 3 is 2.25 bits per heavy atom.